The number of hydrogen-bond acceptors (Lipinski definition) is 8. The first-order valence-corrected chi connectivity index (χ1v) is 8.53. The molecule has 10 nitrogen and oxygen atoms in total. The number of ether oxygens (including phenoxy) is 1. The summed E-state index contributed by atoms with van der Waals surface area (Å²) in [5, 5.41) is 20.7. The molecule has 28 heavy (non-hydrogen) atoms. The van der Waals surface area contributed by atoms with Crippen LogP contribution in [-0.4, -0.2) is 33.6 Å². The zero-order valence-corrected chi connectivity index (χ0v) is 15.6. The first-order valence-electron chi connectivity index (χ1n) is 7.74. The van der Waals surface area contributed by atoms with Crippen LogP contribution in [-0.2, 0) is 9.53 Å². The summed E-state index contributed by atoms with van der Waals surface area (Å²) in [6.07, 6.45) is 0. The highest BCUT2D eigenvalue weighted by atomic mass is 79.9. The Balaban J connectivity index is 1.57. The number of nitrogens with one attached hydrogen (secondary N) is 1. The predicted molar refractivity (Wildman–Crippen MR) is 99.4 cm³/mol. The number of rotatable bonds is 6. The quantitative estimate of drug-likeness (QED) is 0.346. The number of anilines is 1. The maximum Gasteiger partial charge on any atom is 0.338 e. The predicted octanol–water partition coefficient (Wildman–Crippen LogP) is 3.20. The van der Waals surface area contributed by atoms with Crippen LogP contribution in [0.25, 0.3) is 11.5 Å². The Labute approximate surface area is 165 Å². The van der Waals surface area contributed by atoms with Gasteiger partial charge in [0, 0.05) is 11.6 Å². The van der Waals surface area contributed by atoms with Crippen LogP contribution in [0.1, 0.15) is 10.4 Å². The summed E-state index contributed by atoms with van der Waals surface area (Å²) in [4.78, 5) is 34.1. The molecule has 11 heteroatoms. The molecule has 142 valence electrons. The second kappa shape index (κ2) is 8.39. The molecule has 0 saturated carbocycles. The monoisotopic (exact) mass is 446 g/mol. The van der Waals surface area contributed by atoms with Crippen molar-refractivity contribution < 1.29 is 23.7 Å². The summed E-state index contributed by atoms with van der Waals surface area (Å²) < 4.78 is 10.4. The lowest BCUT2D eigenvalue weighted by Gasteiger charge is -2.04. The molecular weight excluding hydrogens is 436 g/mol. The molecule has 3 rings (SSSR count). The van der Waals surface area contributed by atoms with Crippen LogP contribution in [0, 0.1) is 10.1 Å². The van der Waals surface area contributed by atoms with Crippen LogP contribution in [0.4, 0.5) is 11.7 Å². The molecule has 0 spiro atoms. The van der Waals surface area contributed by atoms with Gasteiger partial charge in [0.15, 0.2) is 6.61 Å². The minimum absolute atomic E-state index is 0.0631. The fourth-order valence-corrected chi connectivity index (χ4v) is 2.51. The number of amides is 1. The number of carbonyl (C=O) groups is 2. The summed E-state index contributed by atoms with van der Waals surface area (Å²) in [6.45, 7) is -0.633. The van der Waals surface area contributed by atoms with Crippen molar-refractivity contribution in [2.24, 2.45) is 0 Å². The molecular formula is C17H11BrN4O6. The van der Waals surface area contributed by atoms with Gasteiger partial charge in [-0.15, -0.1) is 5.10 Å². The van der Waals surface area contributed by atoms with Crippen molar-refractivity contribution in [3.8, 4) is 11.5 Å². The van der Waals surface area contributed by atoms with Gasteiger partial charge in [-0.05, 0) is 40.2 Å². The van der Waals surface area contributed by atoms with Crippen molar-refractivity contribution in [3.63, 3.8) is 0 Å². The third-order valence-corrected chi connectivity index (χ3v) is 4.08. The molecule has 3 aromatic rings. The Hall–Kier alpha value is -3.60. The molecule has 1 heterocycles. The Morgan fingerprint density at radius 3 is 2.64 bits per heavy atom. The van der Waals surface area contributed by atoms with Crippen LogP contribution in [0.5, 0.6) is 0 Å². The molecule has 0 aliphatic heterocycles. The van der Waals surface area contributed by atoms with E-state index in [9.17, 15) is 19.7 Å². The van der Waals surface area contributed by atoms with E-state index < -0.39 is 23.4 Å². The molecule has 0 unspecified atom stereocenters. The van der Waals surface area contributed by atoms with Gasteiger partial charge in [0.05, 0.1) is 15.0 Å². The van der Waals surface area contributed by atoms with Gasteiger partial charge < -0.3 is 9.15 Å². The van der Waals surface area contributed by atoms with E-state index in [1.54, 1.807) is 24.3 Å². The molecule has 0 atom stereocenters. The normalized spacial score (nSPS) is 10.3. The lowest BCUT2D eigenvalue weighted by atomic mass is 10.2. The molecule has 0 aliphatic rings. The fraction of sp³-hybridized carbons (Fsp3) is 0.0588. The van der Waals surface area contributed by atoms with Gasteiger partial charge in [-0.25, -0.2) is 4.79 Å². The van der Waals surface area contributed by atoms with Crippen LogP contribution in [0.15, 0.2) is 57.4 Å². The zero-order chi connectivity index (χ0) is 20.1. The van der Waals surface area contributed by atoms with Crippen molar-refractivity contribution in [2.45, 2.75) is 0 Å². The molecule has 0 aliphatic carbocycles. The highest BCUT2D eigenvalue weighted by Crippen LogP contribution is 2.26. The van der Waals surface area contributed by atoms with E-state index in [0.717, 1.165) is 6.07 Å². The van der Waals surface area contributed by atoms with E-state index in [-0.39, 0.29) is 27.6 Å². The van der Waals surface area contributed by atoms with Gasteiger partial charge in [0.1, 0.15) is 0 Å². The molecule has 0 fully saturated rings. The fourth-order valence-electron chi connectivity index (χ4n) is 2.12. The number of nitrogens with zero attached hydrogens (tertiary/aromatic N) is 3. The van der Waals surface area contributed by atoms with Gasteiger partial charge in [0.2, 0.25) is 5.89 Å². The van der Waals surface area contributed by atoms with Gasteiger partial charge in [-0.3, -0.25) is 20.2 Å². The van der Waals surface area contributed by atoms with Crippen molar-refractivity contribution in [3.05, 3.63) is 68.7 Å². The summed E-state index contributed by atoms with van der Waals surface area (Å²) in [7, 11) is 0. The van der Waals surface area contributed by atoms with Crippen molar-refractivity contribution in [1.82, 2.24) is 10.2 Å². The Kier molecular flexibility index (Phi) is 5.75. The minimum atomic E-state index is -0.888. The average molecular weight is 447 g/mol. The zero-order valence-electron chi connectivity index (χ0n) is 14.0. The van der Waals surface area contributed by atoms with Crippen molar-refractivity contribution >= 4 is 39.5 Å². The lowest BCUT2D eigenvalue weighted by molar-refractivity contribution is -0.385. The topological polar surface area (TPSA) is 137 Å². The number of hydrogen-bond donors (Lipinski definition) is 1. The molecule has 0 saturated heterocycles. The third-order valence-electron chi connectivity index (χ3n) is 3.40. The Bertz CT molecular complexity index is 1040. The van der Waals surface area contributed by atoms with Crippen molar-refractivity contribution in [1.29, 1.82) is 0 Å². The average Bonchev–Trinajstić information content (AvgIpc) is 3.15. The number of nitro groups is 1. The van der Waals surface area contributed by atoms with Crippen LogP contribution >= 0.6 is 15.9 Å². The van der Waals surface area contributed by atoms with Crippen molar-refractivity contribution in [2.75, 3.05) is 11.9 Å². The largest absolute Gasteiger partial charge is 0.452 e. The highest BCUT2D eigenvalue weighted by molar-refractivity contribution is 9.10. The van der Waals surface area contributed by atoms with Crippen LogP contribution < -0.4 is 5.32 Å². The molecule has 1 N–H and O–H groups in total. The van der Waals surface area contributed by atoms with Gasteiger partial charge in [-0.2, -0.15) is 0 Å². The van der Waals surface area contributed by atoms with E-state index in [2.05, 4.69) is 31.4 Å². The standard InChI is InChI=1S/C17H11BrN4O6/c18-12-7-6-11(8-13(12)22(25)26)16(24)27-9-14(23)19-17-21-20-15(28-17)10-4-2-1-3-5-10/h1-8H,9H2,(H,19,21,23). The van der Waals surface area contributed by atoms with E-state index in [1.165, 1.54) is 12.1 Å². The van der Waals surface area contributed by atoms with E-state index in [1.807, 2.05) is 6.07 Å². The number of aromatic nitrogens is 2. The second-order valence-electron chi connectivity index (χ2n) is 5.33. The molecule has 2 aromatic carbocycles. The molecule has 0 bridgehead atoms. The van der Waals surface area contributed by atoms with Gasteiger partial charge in [-0.1, -0.05) is 23.3 Å². The maximum atomic E-state index is 12.0. The van der Waals surface area contributed by atoms with Crippen LogP contribution in [0.3, 0.4) is 0 Å². The third kappa shape index (κ3) is 4.57. The molecule has 0 radical (unpaired) electrons. The van der Waals surface area contributed by atoms with E-state index in [0.29, 0.717) is 5.56 Å². The molecule has 1 aromatic heterocycles. The summed E-state index contributed by atoms with van der Waals surface area (Å²) >= 11 is 3.02. The number of nitro benzene ring substituents is 1. The first kappa shape index (κ1) is 19.2. The number of benzene rings is 2. The van der Waals surface area contributed by atoms with E-state index in [4.69, 9.17) is 9.15 Å². The second-order valence-corrected chi connectivity index (χ2v) is 6.18. The van der Waals surface area contributed by atoms with E-state index >= 15 is 0 Å². The minimum Gasteiger partial charge on any atom is -0.452 e. The Morgan fingerprint density at radius 2 is 1.93 bits per heavy atom. The highest BCUT2D eigenvalue weighted by Gasteiger charge is 2.18. The maximum absolute atomic E-state index is 12.0. The number of halogens is 1. The molecule has 1 amide bonds. The van der Waals surface area contributed by atoms with Gasteiger partial charge in [0.25, 0.3) is 11.6 Å². The summed E-state index contributed by atoms with van der Waals surface area (Å²) in [5.74, 6) is -1.38. The lowest BCUT2D eigenvalue weighted by Crippen LogP contribution is -2.21. The summed E-state index contributed by atoms with van der Waals surface area (Å²) in [6, 6.07) is 12.5. The first-order chi connectivity index (χ1) is 13.4. The van der Waals surface area contributed by atoms with Gasteiger partial charge >= 0.3 is 12.0 Å². The number of carbonyl (C=O) groups excluding carboxylic acids is 2. The summed E-state index contributed by atoms with van der Waals surface area (Å²) in [5.41, 5.74) is 0.323. The van der Waals surface area contributed by atoms with Crippen LogP contribution in [0.2, 0.25) is 0 Å². The SMILES string of the molecule is O=C(COC(=O)c1ccc(Br)c([N+](=O)[O-])c1)Nc1nnc(-c2ccccc2)o1. The number of esters is 1. The Morgan fingerprint density at radius 1 is 1.18 bits per heavy atom. The smallest absolute Gasteiger partial charge is 0.338 e.